The first-order chi connectivity index (χ1) is 9.22. The van der Waals surface area contributed by atoms with Gasteiger partial charge in [-0.15, -0.1) is 0 Å². The maximum Gasteiger partial charge on any atom is 0.257 e. The van der Waals surface area contributed by atoms with Crippen molar-refractivity contribution in [1.82, 2.24) is 4.90 Å². The van der Waals surface area contributed by atoms with Gasteiger partial charge in [0.2, 0.25) is 0 Å². The third-order valence-electron chi connectivity index (χ3n) is 2.84. The molecule has 0 radical (unpaired) electrons. The summed E-state index contributed by atoms with van der Waals surface area (Å²) in [4.78, 5) is 14.1. The van der Waals surface area contributed by atoms with Crippen LogP contribution in [-0.4, -0.2) is 17.4 Å². The van der Waals surface area contributed by atoms with Crippen molar-refractivity contribution in [2.45, 2.75) is 19.9 Å². The Labute approximate surface area is 116 Å². The zero-order chi connectivity index (χ0) is 13.7. The molecule has 0 saturated heterocycles. The van der Waals surface area contributed by atoms with Gasteiger partial charge in [0.25, 0.3) is 5.91 Å². The first-order valence-corrected chi connectivity index (χ1v) is 7.21. The van der Waals surface area contributed by atoms with E-state index in [0.29, 0.717) is 13.1 Å². The van der Waals surface area contributed by atoms with Crippen molar-refractivity contribution in [2.24, 2.45) is 0 Å². The number of nitrogens with zero attached hydrogens (tertiary/aromatic N) is 1. The van der Waals surface area contributed by atoms with E-state index in [1.807, 2.05) is 23.8 Å². The van der Waals surface area contributed by atoms with Crippen LogP contribution in [-0.2, 0) is 6.54 Å². The lowest BCUT2D eigenvalue weighted by Crippen LogP contribution is -2.31. The largest absolute Gasteiger partial charge is 0.334 e. The Morgan fingerprint density at radius 3 is 2.74 bits per heavy atom. The highest BCUT2D eigenvalue weighted by Gasteiger charge is 2.18. The second kappa shape index (κ2) is 6.48. The molecular formula is C15H16FNOS. The summed E-state index contributed by atoms with van der Waals surface area (Å²) < 4.78 is 13.7. The number of benzene rings is 1. The van der Waals surface area contributed by atoms with E-state index >= 15 is 0 Å². The molecule has 2 aromatic rings. The molecule has 0 N–H and O–H groups in total. The van der Waals surface area contributed by atoms with E-state index in [1.54, 1.807) is 28.4 Å². The monoisotopic (exact) mass is 277 g/mol. The molecule has 0 spiro atoms. The van der Waals surface area contributed by atoms with Gasteiger partial charge >= 0.3 is 0 Å². The highest BCUT2D eigenvalue weighted by molar-refractivity contribution is 7.07. The van der Waals surface area contributed by atoms with Crippen molar-refractivity contribution in [2.75, 3.05) is 6.54 Å². The lowest BCUT2D eigenvalue weighted by molar-refractivity contribution is 0.0738. The fourth-order valence-electron chi connectivity index (χ4n) is 1.93. The van der Waals surface area contributed by atoms with Gasteiger partial charge in [-0.2, -0.15) is 11.3 Å². The zero-order valence-electron chi connectivity index (χ0n) is 10.8. The van der Waals surface area contributed by atoms with Gasteiger partial charge in [-0.3, -0.25) is 4.79 Å². The van der Waals surface area contributed by atoms with Crippen LogP contribution in [0, 0.1) is 5.82 Å². The number of halogens is 1. The standard InChI is InChI=1S/C15H16FNOS/c1-2-8-17(10-12-7-9-19-11-12)15(18)13-5-3-4-6-14(13)16/h3-7,9,11H,2,8,10H2,1H3. The molecule has 0 fully saturated rings. The molecule has 1 heterocycles. The van der Waals surface area contributed by atoms with Crippen LogP contribution in [0.3, 0.4) is 0 Å². The predicted octanol–water partition coefficient (Wildman–Crippen LogP) is 3.94. The van der Waals surface area contributed by atoms with Crippen molar-refractivity contribution in [3.63, 3.8) is 0 Å². The highest BCUT2D eigenvalue weighted by atomic mass is 32.1. The van der Waals surface area contributed by atoms with Gasteiger partial charge in [0.1, 0.15) is 5.82 Å². The number of rotatable bonds is 5. The fraction of sp³-hybridized carbons (Fsp3) is 0.267. The van der Waals surface area contributed by atoms with E-state index in [2.05, 4.69) is 0 Å². The molecule has 0 bridgehead atoms. The Balaban J connectivity index is 2.19. The van der Waals surface area contributed by atoms with Crippen molar-refractivity contribution in [1.29, 1.82) is 0 Å². The maximum absolute atomic E-state index is 13.7. The average molecular weight is 277 g/mol. The van der Waals surface area contributed by atoms with Gasteiger partial charge in [-0.25, -0.2) is 4.39 Å². The molecule has 2 nitrogen and oxygen atoms in total. The average Bonchev–Trinajstić information content (AvgIpc) is 2.91. The van der Waals surface area contributed by atoms with E-state index in [4.69, 9.17) is 0 Å². The van der Waals surface area contributed by atoms with Gasteiger partial charge in [0.05, 0.1) is 5.56 Å². The van der Waals surface area contributed by atoms with Gasteiger partial charge in [-0.1, -0.05) is 19.1 Å². The maximum atomic E-state index is 13.7. The summed E-state index contributed by atoms with van der Waals surface area (Å²) in [7, 11) is 0. The summed E-state index contributed by atoms with van der Waals surface area (Å²) >= 11 is 1.60. The van der Waals surface area contributed by atoms with Crippen molar-refractivity contribution >= 4 is 17.2 Å². The minimum atomic E-state index is -0.459. The molecule has 0 atom stereocenters. The summed E-state index contributed by atoms with van der Waals surface area (Å²) in [5, 5.41) is 3.99. The molecule has 1 aromatic carbocycles. The zero-order valence-corrected chi connectivity index (χ0v) is 11.6. The van der Waals surface area contributed by atoms with Crippen molar-refractivity contribution in [3.8, 4) is 0 Å². The van der Waals surface area contributed by atoms with Crippen LogP contribution in [0.1, 0.15) is 29.3 Å². The molecule has 0 aliphatic heterocycles. The van der Waals surface area contributed by atoms with Crippen LogP contribution < -0.4 is 0 Å². The quantitative estimate of drug-likeness (QED) is 0.810. The van der Waals surface area contributed by atoms with Crippen LogP contribution in [0.25, 0.3) is 0 Å². The molecule has 0 aliphatic rings. The lowest BCUT2D eigenvalue weighted by atomic mass is 10.1. The summed E-state index contributed by atoms with van der Waals surface area (Å²) in [6.07, 6.45) is 0.852. The van der Waals surface area contributed by atoms with Gasteiger partial charge < -0.3 is 4.90 Å². The summed E-state index contributed by atoms with van der Waals surface area (Å²) in [6.45, 7) is 3.17. The molecule has 1 amide bonds. The topological polar surface area (TPSA) is 20.3 Å². The molecule has 2 rings (SSSR count). The normalized spacial score (nSPS) is 10.4. The predicted molar refractivity (Wildman–Crippen MR) is 75.8 cm³/mol. The van der Waals surface area contributed by atoms with Crippen molar-refractivity contribution in [3.05, 3.63) is 58.0 Å². The summed E-state index contributed by atoms with van der Waals surface area (Å²) in [6, 6.07) is 8.12. The Hall–Kier alpha value is -1.68. The van der Waals surface area contributed by atoms with Crippen LogP contribution in [0.5, 0.6) is 0 Å². The van der Waals surface area contributed by atoms with Crippen molar-refractivity contribution < 1.29 is 9.18 Å². The summed E-state index contributed by atoms with van der Waals surface area (Å²) in [5.74, 6) is -0.704. The van der Waals surface area contributed by atoms with Crippen LogP contribution in [0.15, 0.2) is 41.1 Å². The molecule has 19 heavy (non-hydrogen) atoms. The van der Waals surface area contributed by atoms with Crippen LogP contribution in [0.2, 0.25) is 0 Å². The Morgan fingerprint density at radius 2 is 2.11 bits per heavy atom. The first kappa shape index (κ1) is 13.7. The first-order valence-electron chi connectivity index (χ1n) is 6.27. The van der Waals surface area contributed by atoms with E-state index in [9.17, 15) is 9.18 Å². The molecule has 100 valence electrons. The van der Waals surface area contributed by atoms with E-state index in [1.165, 1.54) is 12.1 Å². The smallest absolute Gasteiger partial charge is 0.257 e. The third kappa shape index (κ3) is 3.41. The van der Waals surface area contributed by atoms with Gasteiger partial charge in [0.15, 0.2) is 0 Å². The molecule has 0 unspecified atom stereocenters. The SMILES string of the molecule is CCCN(Cc1ccsc1)C(=O)c1ccccc1F. The second-order valence-corrected chi connectivity index (χ2v) is 5.12. The molecule has 0 aliphatic carbocycles. The number of carbonyl (C=O) groups excluding carboxylic acids is 1. The Kier molecular flexibility index (Phi) is 4.68. The minimum absolute atomic E-state index is 0.145. The highest BCUT2D eigenvalue weighted by Crippen LogP contribution is 2.15. The fourth-order valence-corrected chi connectivity index (χ4v) is 2.59. The second-order valence-electron chi connectivity index (χ2n) is 4.34. The Morgan fingerprint density at radius 1 is 1.32 bits per heavy atom. The van der Waals surface area contributed by atoms with Gasteiger partial charge in [-0.05, 0) is 40.9 Å². The molecule has 1 aromatic heterocycles. The van der Waals surface area contributed by atoms with Crippen LogP contribution in [0.4, 0.5) is 4.39 Å². The Bertz CT molecular complexity index is 539. The third-order valence-corrected chi connectivity index (χ3v) is 3.57. The number of amides is 1. The number of thiophene rings is 1. The lowest BCUT2D eigenvalue weighted by Gasteiger charge is -2.22. The molecular weight excluding hydrogens is 261 g/mol. The number of carbonyl (C=O) groups is 1. The van der Waals surface area contributed by atoms with Gasteiger partial charge in [0, 0.05) is 13.1 Å². The number of hydrogen-bond acceptors (Lipinski definition) is 2. The number of hydrogen-bond donors (Lipinski definition) is 0. The van der Waals surface area contributed by atoms with E-state index < -0.39 is 5.82 Å². The molecule has 4 heteroatoms. The minimum Gasteiger partial charge on any atom is -0.334 e. The van der Waals surface area contributed by atoms with E-state index in [-0.39, 0.29) is 11.5 Å². The van der Waals surface area contributed by atoms with Crippen LogP contribution >= 0.6 is 11.3 Å². The van der Waals surface area contributed by atoms with E-state index in [0.717, 1.165) is 12.0 Å². The molecule has 0 saturated carbocycles. The summed E-state index contributed by atoms with van der Waals surface area (Å²) in [5.41, 5.74) is 1.23.